The fourth-order valence-corrected chi connectivity index (χ4v) is 5.07. The van der Waals surface area contributed by atoms with E-state index in [2.05, 4.69) is 23.2 Å². The van der Waals surface area contributed by atoms with Crippen molar-refractivity contribution in [3.05, 3.63) is 75.9 Å². The van der Waals surface area contributed by atoms with E-state index in [0.717, 1.165) is 54.7 Å². The van der Waals surface area contributed by atoms with Crippen LogP contribution in [0.5, 0.6) is 0 Å². The van der Waals surface area contributed by atoms with Crippen LogP contribution in [0.15, 0.2) is 48.5 Å². The first-order chi connectivity index (χ1) is 14.7. The zero-order chi connectivity index (χ0) is 20.9. The first-order valence-corrected chi connectivity index (χ1v) is 11.3. The highest BCUT2D eigenvalue weighted by atomic mass is 32.1. The van der Waals surface area contributed by atoms with Crippen LogP contribution in [0, 0.1) is 0 Å². The molecule has 1 heterocycles. The predicted molar refractivity (Wildman–Crippen MR) is 119 cm³/mol. The lowest BCUT2D eigenvalue weighted by molar-refractivity contribution is 0.0525. The Morgan fingerprint density at radius 1 is 0.933 bits per heavy atom. The van der Waals surface area contributed by atoms with E-state index in [0.29, 0.717) is 17.4 Å². The van der Waals surface area contributed by atoms with Gasteiger partial charge in [0.25, 0.3) is 0 Å². The second-order valence-corrected chi connectivity index (χ2v) is 8.46. The summed E-state index contributed by atoms with van der Waals surface area (Å²) in [5.74, 6) is 0.00454. The summed E-state index contributed by atoms with van der Waals surface area (Å²) in [6, 6.07) is 16.3. The number of rotatable bonds is 2. The van der Waals surface area contributed by atoms with Gasteiger partial charge in [0.15, 0.2) is 5.78 Å². The van der Waals surface area contributed by atoms with Crippen LogP contribution in [-0.4, -0.2) is 23.3 Å². The van der Waals surface area contributed by atoms with Gasteiger partial charge in [0, 0.05) is 12.0 Å². The van der Waals surface area contributed by atoms with Gasteiger partial charge in [-0.05, 0) is 55.7 Å². The SMILES string of the molecule is CCOC(=O)c1nc2c(s1)-c1ccccc1CCC2.O=C1CCCc2ccccc21. The lowest BCUT2D eigenvalue weighted by Gasteiger charge is -2.12. The molecule has 0 unspecified atom stereocenters. The number of carbonyl (C=O) groups is 2. The molecule has 0 atom stereocenters. The van der Waals surface area contributed by atoms with Crippen molar-refractivity contribution < 1.29 is 14.3 Å². The van der Waals surface area contributed by atoms with Crippen molar-refractivity contribution in [2.24, 2.45) is 0 Å². The van der Waals surface area contributed by atoms with Crippen LogP contribution >= 0.6 is 11.3 Å². The fourth-order valence-electron chi connectivity index (χ4n) is 4.00. The average molecular weight is 420 g/mol. The van der Waals surface area contributed by atoms with E-state index in [-0.39, 0.29) is 5.97 Å². The predicted octanol–water partition coefficient (Wildman–Crippen LogP) is 5.68. The molecule has 0 amide bonds. The highest BCUT2D eigenvalue weighted by Crippen LogP contribution is 2.36. The number of ether oxygens (including phenoxy) is 1. The number of hydrogen-bond acceptors (Lipinski definition) is 5. The summed E-state index contributed by atoms with van der Waals surface area (Å²) in [6.45, 7) is 2.20. The van der Waals surface area contributed by atoms with E-state index in [9.17, 15) is 9.59 Å². The maximum Gasteiger partial charge on any atom is 0.367 e. The van der Waals surface area contributed by atoms with Gasteiger partial charge in [0.05, 0.1) is 17.2 Å². The first-order valence-electron chi connectivity index (χ1n) is 10.5. The Labute approximate surface area is 180 Å². The molecule has 30 heavy (non-hydrogen) atoms. The van der Waals surface area contributed by atoms with Crippen LogP contribution in [0.1, 0.15) is 63.2 Å². The molecule has 0 saturated carbocycles. The smallest absolute Gasteiger partial charge is 0.367 e. The van der Waals surface area contributed by atoms with Gasteiger partial charge >= 0.3 is 5.97 Å². The Morgan fingerprint density at radius 2 is 1.57 bits per heavy atom. The number of aryl methyl sites for hydroxylation is 3. The van der Waals surface area contributed by atoms with Crippen LogP contribution in [0.2, 0.25) is 0 Å². The number of hydrogen-bond donors (Lipinski definition) is 0. The van der Waals surface area contributed by atoms with E-state index in [1.54, 1.807) is 0 Å². The number of Topliss-reactive ketones (excluding diaryl/α,β-unsaturated/α-hetero) is 1. The molecule has 0 radical (unpaired) electrons. The number of benzene rings is 2. The van der Waals surface area contributed by atoms with Crippen molar-refractivity contribution in [1.82, 2.24) is 4.98 Å². The molecule has 4 nitrogen and oxygen atoms in total. The monoisotopic (exact) mass is 419 g/mol. The normalized spacial score (nSPS) is 14.4. The Kier molecular flexibility index (Phi) is 6.38. The van der Waals surface area contributed by atoms with Crippen molar-refractivity contribution in [3.8, 4) is 10.4 Å². The second kappa shape index (κ2) is 9.35. The molecule has 0 N–H and O–H groups in total. The Balaban J connectivity index is 0.000000168. The zero-order valence-electron chi connectivity index (χ0n) is 17.1. The summed E-state index contributed by atoms with van der Waals surface area (Å²) in [7, 11) is 0. The molecule has 5 rings (SSSR count). The van der Waals surface area contributed by atoms with Crippen LogP contribution in [0.4, 0.5) is 0 Å². The van der Waals surface area contributed by atoms with Crippen molar-refractivity contribution in [2.45, 2.75) is 45.4 Å². The third kappa shape index (κ3) is 4.36. The molecule has 2 aliphatic rings. The van der Waals surface area contributed by atoms with Gasteiger partial charge in [-0.3, -0.25) is 4.79 Å². The fraction of sp³-hybridized carbons (Fsp3) is 0.320. The quantitative estimate of drug-likeness (QED) is 0.501. The summed E-state index contributed by atoms with van der Waals surface area (Å²) in [6.07, 6.45) is 5.92. The Hall–Kier alpha value is -2.79. The second-order valence-electron chi connectivity index (χ2n) is 7.46. The molecule has 3 aromatic rings. The molecule has 0 fully saturated rings. The molecule has 5 heteroatoms. The molecular formula is C25H25NO3S. The molecule has 0 aliphatic heterocycles. The molecule has 0 saturated heterocycles. The van der Waals surface area contributed by atoms with Gasteiger partial charge in [0.2, 0.25) is 5.01 Å². The number of esters is 1. The van der Waals surface area contributed by atoms with Gasteiger partial charge in [-0.25, -0.2) is 9.78 Å². The number of thiazole rings is 1. The van der Waals surface area contributed by atoms with E-state index >= 15 is 0 Å². The minimum atomic E-state index is -0.307. The summed E-state index contributed by atoms with van der Waals surface area (Å²) >= 11 is 1.45. The van der Waals surface area contributed by atoms with Crippen LogP contribution in [-0.2, 0) is 24.0 Å². The number of fused-ring (bicyclic) bond motifs is 4. The Bertz CT molecular complexity index is 1070. The number of carbonyl (C=O) groups excluding carboxylic acids is 2. The van der Waals surface area contributed by atoms with E-state index < -0.39 is 0 Å². The zero-order valence-corrected chi connectivity index (χ0v) is 18.0. The van der Waals surface area contributed by atoms with Crippen LogP contribution in [0.25, 0.3) is 10.4 Å². The number of nitrogens with zero attached hydrogens (tertiary/aromatic N) is 1. The average Bonchev–Trinajstić information content (AvgIpc) is 3.12. The lowest BCUT2D eigenvalue weighted by Crippen LogP contribution is -2.09. The van der Waals surface area contributed by atoms with Gasteiger partial charge in [-0.1, -0.05) is 48.5 Å². The largest absolute Gasteiger partial charge is 0.461 e. The third-order valence-electron chi connectivity index (χ3n) is 5.44. The maximum atomic E-state index is 11.8. The molecule has 154 valence electrons. The van der Waals surface area contributed by atoms with E-state index in [1.165, 1.54) is 28.0 Å². The molecule has 0 bridgehead atoms. The number of aromatic nitrogens is 1. The standard InChI is InChI=1S/C15H15NO2S.C10H10O/c1-2-18-15(17)14-16-12-9-5-7-10-6-3-4-8-11(10)13(12)19-14;11-10-7-3-5-8-4-1-2-6-9(8)10/h3-4,6,8H,2,5,7,9H2,1H3;1-2,4,6H,3,5,7H2. The topological polar surface area (TPSA) is 56.3 Å². The van der Waals surface area contributed by atoms with E-state index in [1.807, 2.05) is 37.3 Å². The molecule has 1 aromatic heterocycles. The summed E-state index contributed by atoms with van der Waals surface area (Å²) in [4.78, 5) is 28.7. The summed E-state index contributed by atoms with van der Waals surface area (Å²) in [5, 5.41) is 0.476. The third-order valence-corrected chi connectivity index (χ3v) is 6.55. The highest BCUT2D eigenvalue weighted by Gasteiger charge is 2.22. The Morgan fingerprint density at radius 3 is 2.27 bits per heavy atom. The molecule has 0 spiro atoms. The minimum Gasteiger partial charge on any atom is -0.461 e. The van der Waals surface area contributed by atoms with Crippen molar-refractivity contribution in [2.75, 3.05) is 6.61 Å². The van der Waals surface area contributed by atoms with Gasteiger partial charge in [0.1, 0.15) is 0 Å². The van der Waals surface area contributed by atoms with E-state index in [4.69, 9.17) is 4.74 Å². The maximum absolute atomic E-state index is 11.8. The van der Waals surface area contributed by atoms with Gasteiger partial charge in [-0.2, -0.15) is 0 Å². The molecular weight excluding hydrogens is 394 g/mol. The lowest BCUT2D eigenvalue weighted by atomic mass is 9.91. The molecule has 2 aliphatic carbocycles. The van der Waals surface area contributed by atoms with Crippen molar-refractivity contribution in [1.29, 1.82) is 0 Å². The summed E-state index contributed by atoms with van der Waals surface area (Å²) < 4.78 is 5.03. The van der Waals surface area contributed by atoms with Crippen molar-refractivity contribution in [3.63, 3.8) is 0 Å². The van der Waals surface area contributed by atoms with Gasteiger partial charge < -0.3 is 4.74 Å². The van der Waals surface area contributed by atoms with Crippen LogP contribution in [0.3, 0.4) is 0 Å². The number of ketones is 1. The first kappa shape index (κ1) is 20.5. The van der Waals surface area contributed by atoms with Gasteiger partial charge in [-0.15, -0.1) is 11.3 Å². The van der Waals surface area contributed by atoms with Crippen molar-refractivity contribution >= 4 is 23.1 Å². The molecule has 2 aromatic carbocycles. The summed E-state index contributed by atoms with van der Waals surface area (Å²) in [5.41, 5.74) is 5.78. The minimum absolute atomic E-state index is 0.307. The van der Waals surface area contributed by atoms with Crippen LogP contribution < -0.4 is 0 Å². The highest BCUT2D eigenvalue weighted by molar-refractivity contribution is 7.17.